The molecule has 0 spiro atoms. The average molecular weight is 556 g/mol. The Kier molecular flexibility index (Phi) is 7.67. The number of hydrogen-bond donors (Lipinski definition) is 2. The first-order valence-electron chi connectivity index (χ1n) is 12.6. The number of hydrazine groups is 1. The van der Waals surface area contributed by atoms with Gasteiger partial charge in [0, 0.05) is 49.9 Å². The van der Waals surface area contributed by atoms with E-state index < -0.39 is 22.5 Å². The van der Waals surface area contributed by atoms with E-state index in [0.717, 1.165) is 13.1 Å². The number of amides is 2. The van der Waals surface area contributed by atoms with Crippen LogP contribution in [0.4, 0.5) is 10.1 Å². The molecule has 2 amide bonds. The Morgan fingerprint density at radius 3 is 2.62 bits per heavy atom. The van der Waals surface area contributed by atoms with Crippen molar-refractivity contribution in [2.75, 3.05) is 51.1 Å². The Morgan fingerprint density at radius 2 is 1.92 bits per heavy atom. The lowest BCUT2D eigenvalue weighted by molar-refractivity contribution is -0.130. The molecular weight excluding hydrogens is 525 g/mol. The van der Waals surface area contributed by atoms with E-state index >= 15 is 4.39 Å². The molecule has 0 aliphatic carbocycles. The van der Waals surface area contributed by atoms with Gasteiger partial charge in [0.2, 0.25) is 5.43 Å². The van der Waals surface area contributed by atoms with Gasteiger partial charge in [-0.3, -0.25) is 19.8 Å². The number of pyridine rings is 1. The molecule has 39 heavy (non-hydrogen) atoms. The van der Waals surface area contributed by atoms with Gasteiger partial charge >= 0.3 is 0 Å². The van der Waals surface area contributed by atoms with Gasteiger partial charge in [-0.05, 0) is 37.3 Å². The maximum absolute atomic E-state index is 15.2. The lowest BCUT2D eigenvalue weighted by Crippen LogP contribution is -2.46. The normalized spacial score (nSPS) is 17.5. The number of aromatic nitrogens is 1. The highest BCUT2D eigenvalue weighted by atomic mass is 32.2. The Labute approximate surface area is 229 Å². The summed E-state index contributed by atoms with van der Waals surface area (Å²) in [4.78, 5) is 41.7. The summed E-state index contributed by atoms with van der Waals surface area (Å²) < 4.78 is 27.8. The molecule has 5 rings (SSSR count). The molecule has 0 bridgehead atoms. The zero-order valence-corrected chi connectivity index (χ0v) is 22.8. The Balaban J connectivity index is 1.50. The van der Waals surface area contributed by atoms with E-state index in [-0.39, 0.29) is 22.6 Å². The number of nitrogens with one attached hydrogen (secondary N) is 2. The first-order valence-corrected chi connectivity index (χ1v) is 13.7. The average Bonchev–Trinajstić information content (AvgIpc) is 3.32. The van der Waals surface area contributed by atoms with E-state index in [9.17, 15) is 14.4 Å². The minimum atomic E-state index is -0.751. The summed E-state index contributed by atoms with van der Waals surface area (Å²) in [6.45, 7) is 5.12. The molecule has 2 fully saturated rings. The van der Waals surface area contributed by atoms with Crippen molar-refractivity contribution < 1.29 is 23.5 Å². The van der Waals surface area contributed by atoms with Gasteiger partial charge in [-0.1, -0.05) is 0 Å². The largest absolute Gasteiger partial charge is 0.497 e. The predicted molar refractivity (Wildman–Crippen MR) is 148 cm³/mol. The van der Waals surface area contributed by atoms with E-state index in [0.29, 0.717) is 47.9 Å². The van der Waals surface area contributed by atoms with Crippen LogP contribution in [0, 0.1) is 5.82 Å². The van der Waals surface area contributed by atoms with E-state index in [1.165, 1.54) is 43.3 Å². The molecule has 1 aromatic heterocycles. The number of carbonyl (C=O) groups excluding carboxylic acids is 2. The lowest BCUT2D eigenvalue weighted by Gasteiger charge is -2.30. The highest BCUT2D eigenvalue weighted by molar-refractivity contribution is 8.00. The molecule has 2 saturated heterocycles. The minimum absolute atomic E-state index is 0.106. The van der Waals surface area contributed by atoms with Gasteiger partial charge in [0.15, 0.2) is 0 Å². The Bertz CT molecular complexity index is 1490. The van der Waals surface area contributed by atoms with Crippen molar-refractivity contribution in [1.29, 1.82) is 0 Å². The van der Waals surface area contributed by atoms with E-state index in [2.05, 4.69) is 10.7 Å². The van der Waals surface area contributed by atoms with E-state index in [4.69, 9.17) is 9.47 Å². The van der Waals surface area contributed by atoms with Crippen LogP contribution in [0.25, 0.3) is 10.9 Å². The van der Waals surface area contributed by atoms with Crippen LogP contribution in [0.3, 0.4) is 0 Å². The molecule has 1 unspecified atom stereocenters. The topological polar surface area (TPSA) is 105 Å². The first kappa shape index (κ1) is 26.8. The lowest BCUT2D eigenvalue weighted by atomic mass is 10.1. The van der Waals surface area contributed by atoms with Crippen LogP contribution in [0.2, 0.25) is 0 Å². The van der Waals surface area contributed by atoms with Crippen molar-refractivity contribution in [2.24, 2.45) is 0 Å². The zero-order chi connectivity index (χ0) is 27.7. The van der Waals surface area contributed by atoms with E-state index in [1.54, 1.807) is 28.8 Å². The van der Waals surface area contributed by atoms with Crippen LogP contribution in [-0.4, -0.2) is 67.5 Å². The first-order chi connectivity index (χ1) is 18.9. The number of methoxy groups -OCH3 is 2. The van der Waals surface area contributed by atoms with Crippen molar-refractivity contribution in [3.63, 3.8) is 0 Å². The molecule has 1 atom stereocenters. The number of thioether (sulfide) groups is 1. The highest BCUT2D eigenvalue weighted by Crippen LogP contribution is 2.42. The summed E-state index contributed by atoms with van der Waals surface area (Å²) >= 11 is 1.31. The SMILES string of the molecule is CCn1cc(C(=O)NN2C(=O)CSC2c2cc(OC)ccc2OC)c(=O)c2cc(F)c(N3CCNCC3)cc21. The molecule has 2 aliphatic rings. The van der Waals surface area contributed by atoms with Gasteiger partial charge in [-0.15, -0.1) is 11.8 Å². The fourth-order valence-corrected chi connectivity index (χ4v) is 6.07. The molecule has 206 valence electrons. The van der Waals surface area contributed by atoms with Crippen LogP contribution in [0.5, 0.6) is 11.5 Å². The molecule has 0 radical (unpaired) electrons. The van der Waals surface area contributed by atoms with E-state index in [1.807, 2.05) is 11.8 Å². The fourth-order valence-electron chi connectivity index (χ4n) is 4.95. The predicted octanol–water partition coefficient (Wildman–Crippen LogP) is 2.51. The van der Waals surface area contributed by atoms with Crippen LogP contribution in [0.15, 0.2) is 41.3 Å². The number of hydrogen-bond acceptors (Lipinski definition) is 8. The minimum Gasteiger partial charge on any atom is -0.497 e. The monoisotopic (exact) mass is 555 g/mol. The summed E-state index contributed by atoms with van der Waals surface area (Å²) in [7, 11) is 3.05. The number of rotatable bonds is 7. The third kappa shape index (κ3) is 5.01. The molecule has 3 aromatic rings. The van der Waals surface area contributed by atoms with Crippen molar-refractivity contribution in [3.05, 3.63) is 63.7 Å². The molecule has 2 aliphatic heterocycles. The van der Waals surface area contributed by atoms with Crippen LogP contribution in [0.1, 0.15) is 28.2 Å². The van der Waals surface area contributed by atoms with Crippen molar-refractivity contribution >= 4 is 40.2 Å². The number of ether oxygens (including phenoxy) is 2. The van der Waals surface area contributed by atoms with Gasteiger partial charge < -0.3 is 24.3 Å². The Morgan fingerprint density at radius 1 is 1.15 bits per heavy atom. The zero-order valence-electron chi connectivity index (χ0n) is 22.0. The summed E-state index contributed by atoms with van der Waals surface area (Å²) in [5.74, 6) is -0.373. The summed E-state index contributed by atoms with van der Waals surface area (Å²) in [5.41, 5.74) is 3.45. The van der Waals surface area contributed by atoms with Gasteiger partial charge in [0.25, 0.3) is 11.8 Å². The Hall–Kier alpha value is -3.77. The molecule has 2 N–H and O–H groups in total. The smallest absolute Gasteiger partial charge is 0.275 e. The number of anilines is 1. The van der Waals surface area contributed by atoms with Gasteiger partial charge in [-0.25, -0.2) is 9.40 Å². The third-order valence-electron chi connectivity index (χ3n) is 6.98. The molecular formula is C27H30FN5O5S. The number of benzene rings is 2. The summed E-state index contributed by atoms with van der Waals surface area (Å²) in [6.07, 6.45) is 1.47. The molecule has 3 heterocycles. The molecule has 0 saturated carbocycles. The molecule has 2 aromatic carbocycles. The quantitative estimate of drug-likeness (QED) is 0.458. The number of nitrogens with zero attached hydrogens (tertiary/aromatic N) is 3. The number of halogens is 1. The number of piperazine rings is 1. The molecule has 12 heteroatoms. The molecule has 10 nitrogen and oxygen atoms in total. The van der Waals surface area contributed by atoms with Crippen molar-refractivity contribution in [3.8, 4) is 11.5 Å². The second kappa shape index (κ2) is 11.1. The fraction of sp³-hybridized carbons (Fsp3) is 0.370. The number of aryl methyl sites for hydroxylation is 1. The van der Waals surface area contributed by atoms with Gasteiger partial charge in [0.05, 0.1) is 31.2 Å². The van der Waals surface area contributed by atoms with Crippen LogP contribution >= 0.6 is 11.8 Å². The van der Waals surface area contributed by atoms with Gasteiger partial charge in [-0.2, -0.15) is 0 Å². The van der Waals surface area contributed by atoms with Crippen molar-refractivity contribution in [2.45, 2.75) is 18.8 Å². The standard InChI is InChI=1S/C27H30FN5O5S/c1-4-31-14-19(25(35)17-12-20(28)22(13-21(17)31)32-9-7-29-8-10-32)26(36)30-33-24(34)15-39-27(33)18-11-16(37-2)5-6-23(18)38-3/h5-6,11-14,27,29H,4,7-10,15H2,1-3H3,(H,30,36). The van der Waals surface area contributed by atoms with Crippen LogP contribution in [-0.2, 0) is 11.3 Å². The summed E-state index contributed by atoms with van der Waals surface area (Å²) in [6, 6.07) is 8.09. The third-order valence-corrected chi connectivity index (χ3v) is 8.18. The number of carbonyl (C=O) groups is 2. The second-order valence-electron chi connectivity index (χ2n) is 9.19. The maximum Gasteiger partial charge on any atom is 0.275 e. The summed E-state index contributed by atoms with van der Waals surface area (Å²) in [5, 5.41) is 3.96. The van der Waals surface area contributed by atoms with Crippen molar-refractivity contribution in [1.82, 2.24) is 20.3 Å². The maximum atomic E-state index is 15.2. The second-order valence-corrected chi connectivity index (χ2v) is 10.3. The number of fused-ring (bicyclic) bond motifs is 1. The van der Waals surface area contributed by atoms with Crippen LogP contribution < -0.4 is 30.5 Å². The van der Waals surface area contributed by atoms with Gasteiger partial charge in [0.1, 0.15) is 28.3 Å². The highest BCUT2D eigenvalue weighted by Gasteiger charge is 2.37.